The minimum absolute atomic E-state index is 0.0345. The largest absolute Gasteiger partial charge is 0.350 e. The van der Waals surface area contributed by atoms with E-state index < -0.39 is 6.04 Å². The second-order valence-electron chi connectivity index (χ2n) is 7.12. The van der Waals surface area contributed by atoms with E-state index in [1.165, 1.54) is 0 Å². The van der Waals surface area contributed by atoms with Crippen molar-refractivity contribution in [1.82, 2.24) is 21.3 Å². The maximum atomic E-state index is 12.4. The summed E-state index contributed by atoms with van der Waals surface area (Å²) < 4.78 is 0. The van der Waals surface area contributed by atoms with Crippen molar-refractivity contribution < 1.29 is 9.59 Å². The van der Waals surface area contributed by atoms with Crippen LogP contribution in [-0.2, 0) is 4.79 Å². The fraction of sp³-hybridized carbons (Fsp3) is 0.867. The predicted octanol–water partition coefficient (Wildman–Crippen LogP) is 0.977. The summed E-state index contributed by atoms with van der Waals surface area (Å²) in [7, 11) is 0. The average molecular weight is 298 g/mol. The molecule has 0 aliphatic carbocycles. The van der Waals surface area contributed by atoms with Gasteiger partial charge in [0.1, 0.15) is 6.04 Å². The van der Waals surface area contributed by atoms with E-state index in [0.717, 1.165) is 25.9 Å². The maximum absolute atomic E-state index is 12.4. The molecule has 3 amide bonds. The molecule has 6 nitrogen and oxygen atoms in total. The Bertz CT molecular complexity index is 357. The molecule has 0 spiro atoms. The van der Waals surface area contributed by atoms with Gasteiger partial charge in [0, 0.05) is 18.1 Å². The molecule has 0 aromatic rings. The average Bonchev–Trinajstić information content (AvgIpc) is 2.34. The summed E-state index contributed by atoms with van der Waals surface area (Å²) in [6.07, 6.45) is 2.05. The second-order valence-corrected chi connectivity index (χ2v) is 7.12. The van der Waals surface area contributed by atoms with Crippen molar-refractivity contribution in [2.24, 2.45) is 5.92 Å². The fourth-order valence-corrected chi connectivity index (χ4v) is 2.32. The van der Waals surface area contributed by atoms with E-state index >= 15 is 0 Å². The lowest BCUT2D eigenvalue weighted by molar-refractivity contribution is -0.124. The third-order valence-corrected chi connectivity index (χ3v) is 3.37. The van der Waals surface area contributed by atoms with E-state index in [4.69, 9.17) is 0 Å². The molecule has 0 aromatic heterocycles. The molecule has 0 aromatic carbocycles. The smallest absolute Gasteiger partial charge is 0.315 e. The Balaban J connectivity index is 2.55. The molecule has 21 heavy (non-hydrogen) atoms. The number of rotatable bonds is 4. The monoisotopic (exact) mass is 298 g/mol. The Hall–Kier alpha value is -1.30. The molecule has 122 valence electrons. The second kappa shape index (κ2) is 7.64. The molecule has 0 saturated carbocycles. The highest BCUT2D eigenvalue weighted by molar-refractivity contribution is 5.87. The predicted molar refractivity (Wildman–Crippen MR) is 84.1 cm³/mol. The van der Waals surface area contributed by atoms with Gasteiger partial charge >= 0.3 is 6.03 Å². The summed E-state index contributed by atoms with van der Waals surface area (Å²) in [4.78, 5) is 24.3. The van der Waals surface area contributed by atoms with Crippen molar-refractivity contribution >= 4 is 11.9 Å². The van der Waals surface area contributed by atoms with Crippen molar-refractivity contribution in [3.05, 3.63) is 0 Å². The zero-order chi connectivity index (χ0) is 16.0. The highest BCUT2D eigenvalue weighted by Gasteiger charge is 2.27. The van der Waals surface area contributed by atoms with Crippen molar-refractivity contribution in [2.45, 2.75) is 65.1 Å². The van der Waals surface area contributed by atoms with E-state index in [-0.39, 0.29) is 29.4 Å². The van der Waals surface area contributed by atoms with E-state index in [2.05, 4.69) is 21.3 Å². The molecule has 1 aliphatic rings. The first kappa shape index (κ1) is 17.8. The Morgan fingerprint density at radius 3 is 2.38 bits per heavy atom. The van der Waals surface area contributed by atoms with Crippen LogP contribution in [0.15, 0.2) is 0 Å². The molecule has 0 unspecified atom stereocenters. The molecule has 4 N–H and O–H groups in total. The molecule has 0 radical (unpaired) electrons. The molecule has 1 fully saturated rings. The number of hydrogen-bond donors (Lipinski definition) is 4. The minimum atomic E-state index is -0.519. The van der Waals surface area contributed by atoms with Crippen LogP contribution >= 0.6 is 0 Å². The van der Waals surface area contributed by atoms with Crippen LogP contribution in [0, 0.1) is 5.92 Å². The van der Waals surface area contributed by atoms with Crippen LogP contribution in [-0.4, -0.2) is 42.7 Å². The SMILES string of the molecule is CC(C)[C@H](NC(=O)NC(C)(C)C)C(=O)N[C@H]1CCCNC1. The van der Waals surface area contributed by atoms with Gasteiger partial charge in [-0.2, -0.15) is 0 Å². The summed E-state index contributed by atoms with van der Waals surface area (Å²) in [5.41, 5.74) is -0.324. The quantitative estimate of drug-likeness (QED) is 0.624. The Morgan fingerprint density at radius 1 is 1.24 bits per heavy atom. The van der Waals surface area contributed by atoms with E-state index in [1.807, 2.05) is 34.6 Å². The lowest BCUT2D eigenvalue weighted by Crippen LogP contribution is -2.58. The van der Waals surface area contributed by atoms with Gasteiger partial charge in [0.2, 0.25) is 5.91 Å². The maximum Gasteiger partial charge on any atom is 0.315 e. The summed E-state index contributed by atoms with van der Waals surface area (Å²) in [6, 6.07) is -0.674. The van der Waals surface area contributed by atoms with Crippen molar-refractivity contribution in [3.8, 4) is 0 Å². The Morgan fingerprint density at radius 2 is 1.90 bits per heavy atom. The van der Waals surface area contributed by atoms with Crippen LogP contribution in [0.2, 0.25) is 0 Å². The highest BCUT2D eigenvalue weighted by atomic mass is 16.2. The molecule has 1 aliphatic heterocycles. The normalized spacial score (nSPS) is 20.8. The highest BCUT2D eigenvalue weighted by Crippen LogP contribution is 2.06. The lowest BCUT2D eigenvalue weighted by atomic mass is 10.0. The van der Waals surface area contributed by atoms with Gasteiger partial charge in [-0.05, 0) is 46.1 Å². The fourth-order valence-electron chi connectivity index (χ4n) is 2.32. The van der Waals surface area contributed by atoms with E-state index in [1.54, 1.807) is 0 Å². The topological polar surface area (TPSA) is 82.3 Å². The van der Waals surface area contributed by atoms with Crippen LogP contribution in [0.1, 0.15) is 47.5 Å². The summed E-state index contributed by atoms with van der Waals surface area (Å²) in [5.74, 6) is -0.0740. The van der Waals surface area contributed by atoms with Gasteiger partial charge in [-0.15, -0.1) is 0 Å². The van der Waals surface area contributed by atoms with Gasteiger partial charge in [0.05, 0.1) is 0 Å². The number of carbonyl (C=O) groups excluding carboxylic acids is 2. The molecular weight excluding hydrogens is 268 g/mol. The number of nitrogens with one attached hydrogen (secondary N) is 4. The minimum Gasteiger partial charge on any atom is -0.350 e. The summed E-state index contributed by atoms with van der Waals surface area (Å²) >= 11 is 0. The van der Waals surface area contributed by atoms with Crippen LogP contribution in [0.5, 0.6) is 0 Å². The zero-order valence-electron chi connectivity index (χ0n) is 13.9. The van der Waals surface area contributed by atoms with Crippen LogP contribution in [0.25, 0.3) is 0 Å². The van der Waals surface area contributed by atoms with Crippen molar-refractivity contribution in [3.63, 3.8) is 0 Å². The molecule has 1 rings (SSSR count). The van der Waals surface area contributed by atoms with E-state index in [9.17, 15) is 9.59 Å². The van der Waals surface area contributed by atoms with Crippen LogP contribution in [0.4, 0.5) is 4.79 Å². The molecule has 6 heteroatoms. The lowest BCUT2D eigenvalue weighted by Gasteiger charge is -2.29. The molecule has 1 saturated heterocycles. The van der Waals surface area contributed by atoms with Gasteiger partial charge in [-0.3, -0.25) is 4.79 Å². The number of urea groups is 1. The molecule has 1 heterocycles. The van der Waals surface area contributed by atoms with Crippen LogP contribution < -0.4 is 21.3 Å². The summed E-state index contributed by atoms with van der Waals surface area (Å²) in [5, 5.41) is 11.9. The first-order chi connectivity index (χ1) is 9.69. The number of amides is 3. The van der Waals surface area contributed by atoms with Crippen LogP contribution in [0.3, 0.4) is 0 Å². The van der Waals surface area contributed by atoms with Gasteiger partial charge < -0.3 is 21.3 Å². The molecular formula is C15H30N4O2. The zero-order valence-corrected chi connectivity index (χ0v) is 13.9. The third kappa shape index (κ3) is 6.80. The van der Waals surface area contributed by atoms with Crippen molar-refractivity contribution in [1.29, 1.82) is 0 Å². The van der Waals surface area contributed by atoms with Gasteiger partial charge in [0.15, 0.2) is 0 Å². The summed E-state index contributed by atoms with van der Waals surface area (Å²) in [6.45, 7) is 11.4. The van der Waals surface area contributed by atoms with Gasteiger partial charge in [0.25, 0.3) is 0 Å². The molecule has 0 bridgehead atoms. The third-order valence-electron chi connectivity index (χ3n) is 3.37. The van der Waals surface area contributed by atoms with Gasteiger partial charge in [-0.25, -0.2) is 4.79 Å². The van der Waals surface area contributed by atoms with E-state index in [0.29, 0.717) is 0 Å². The number of carbonyl (C=O) groups is 2. The molecule has 2 atom stereocenters. The number of hydrogen-bond acceptors (Lipinski definition) is 3. The first-order valence-corrected chi connectivity index (χ1v) is 7.79. The standard InChI is InChI=1S/C15H30N4O2/c1-10(2)12(18-14(21)19-15(3,4)5)13(20)17-11-7-6-8-16-9-11/h10-12,16H,6-9H2,1-5H3,(H,17,20)(H2,18,19,21)/t11-,12-/m0/s1. The van der Waals surface area contributed by atoms with Crippen molar-refractivity contribution in [2.75, 3.05) is 13.1 Å². The van der Waals surface area contributed by atoms with Gasteiger partial charge in [-0.1, -0.05) is 13.8 Å². The Labute approximate surface area is 127 Å². The first-order valence-electron chi connectivity index (χ1n) is 7.79. The number of piperidine rings is 1. The Kier molecular flexibility index (Phi) is 6.45.